The number of nitrogens with one attached hydrogen (secondary N) is 1. The summed E-state index contributed by atoms with van der Waals surface area (Å²) in [6, 6.07) is 0.0940. The van der Waals surface area contributed by atoms with E-state index in [0.717, 1.165) is 31.5 Å². The predicted octanol–water partition coefficient (Wildman–Crippen LogP) is 2.25. The summed E-state index contributed by atoms with van der Waals surface area (Å²) in [5.41, 5.74) is 3.80. The summed E-state index contributed by atoms with van der Waals surface area (Å²) in [7, 11) is 0. The number of aromatic nitrogens is 2. The first-order chi connectivity index (χ1) is 7.24. The van der Waals surface area contributed by atoms with Crippen LogP contribution in [0.5, 0.6) is 0 Å². The Morgan fingerprint density at radius 1 is 1.53 bits per heavy atom. The van der Waals surface area contributed by atoms with Gasteiger partial charge in [0, 0.05) is 6.54 Å². The molecule has 3 N–H and O–H groups in total. The Hall–Kier alpha value is -0.580. The summed E-state index contributed by atoms with van der Waals surface area (Å²) in [5, 5.41) is 4.94. The van der Waals surface area contributed by atoms with Crippen LogP contribution in [-0.4, -0.2) is 9.78 Å². The molecule has 1 atom stereocenters. The van der Waals surface area contributed by atoms with Crippen LogP contribution in [0.25, 0.3) is 0 Å². The number of nitrogens with two attached hydrogens (primary N) is 1. The largest absolute Gasteiger partial charge is 0.271 e. The number of hydrogen-bond acceptors (Lipinski definition) is 3. The number of nitrogens with zero attached hydrogens (tertiary/aromatic N) is 2. The zero-order valence-corrected chi connectivity index (χ0v) is 10.1. The van der Waals surface area contributed by atoms with Crippen LogP contribution >= 0.6 is 11.6 Å². The molecule has 1 aromatic heterocycles. The van der Waals surface area contributed by atoms with E-state index in [9.17, 15) is 0 Å². The second-order valence-electron chi connectivity index (χ2n) is 3.61. The quantitative estimate of drug-likeness (QED) is 0.582. The summed E-state index contributed by atoms with van der Waals surface area (Å²) in [4.78, 5) is 0. The minimum atomic E-state index is 0.0940. The van der Waals surface area contributed by atoms with E-state index in [0.29, 0.717) is 5.02 Å². The Morgan fingerprint density at radius 2 is 2.27 bits per heavy atom. The monoisotopic (exact) mass is 230 g/mol. The fourth-order valence-electron chi connectivity index (χ4n) is 1.70. The van der Waals surface area contributed by atoms with Crippen molar-refractivity contribution in [3.05, 3.63) is 16.9 Å². The smallest absolute Gasteiger partial charge is 0.0834 e. The molecule has 0 aliphatic rings. The molecule has 1 unspecified atom stereocenters. The first-order valence-corrected chi connectivity index (χ1v) is 5.79. The van der Waals surface area contributed by atoms with Crippen molar-refractivity contribution in [2.24, 2.45) is 5.84 Å². The number of hydrazine groups is 1. The molecular weight excluding hydrogens is 212 g/mol. The Labute approximate surface area is 95.8 Å². The minimum absolute atomic E-state index is 0.0940. The van der Waals surface area contributed by atoms with Crippen LogP contribution in [0.4, 0.5) is 0 Å². The number of aryl methyl sites for hydroxylation is 1. The van der Waals surface area contributed by atoms with Gasteiger partial charge in [-0.3, -0.25) is 16.0 Å². The average Bonchev–Trinajstić information content (AvgIpc) is 2.58. The molecular formula is C10H19ClN4. The zero-order valence-electron chi connectivity index (χ0n) is 9.33. The van der Waals surface area contributed by atoms with Gasteiger partial charge in [-0.1, -0.05) is 31.9 Å². The highest BCUT2D eigenvalue weighted by molar-refractivity contribution is 6.31. The third-order valence-corrected chi connectivity index (χ3v) is 2.67. The third-order valence-electron chi connectivity index (χ3n) is 2.38. The van der Waals surface area contributed by atoms with Crippen molar-refractivity contribution < 1.29 is 0 Å². The fraction of sp³-hybridized carbons (Fsp3) is 0.700. The summed E-state index contributed by atoms with van der Waals surface area (Å²) in [6.45, 7) is 5.12. The van der Waals surface area contributed by atoms with Crippen LogP contribution < -0.4 is 11.3 Å². The number of rotatable bonds is 6. The minimum Gasteiger partial charge on any atom is -0.271 e. The first-order valence-electron chi connectivity index (χ1n) is 5.41. The van der Waals surface area contributed by atoms with E-state index in [2.05, 4.69) is 24.4 Å². The van der Waals surface area contributed by atoms with Gasteiger partial charge in [0.15, 0.2) is 0 Å². The molecule has 86 valence electrons. The lowest BCUT2D eigenvalue weighted by Crippen LogP contribution is -2.30. The number of hydrogen-bond donors (Lipinski definition) is 2. The van der Waals surface area contributed by atoms with Gasteiger partial charge in [0.25, 0.3) is 0 Å². The molecule has 0 saturated carbocycles. The van der Waals surface area contributed by atoms with E-state index >= 15 is 0 Å². The van der Waals surface area contributed by atoms with Crippen LogP contribution in [0.2, 0.25) is 5.02 Å². The highest BCUT2D eigenvalue weighted by Gasteiger charge is 2.17. The van der Waals surface area contributed by atoms with Crippen LogP contribution in [-0.2, 0) is 6.54 Å². The highest BCUT2D eigenvalue weighted by Crippen LogP contribution is 2.25. The molecule has 0 amide bonds. The molecule has 1 aromatic rings. The topological polar surface area (TPSA) is 55.9 Å². The Kier molecular flexibility index (Phi) is 5.08. The normalized spacial score (nSPS) is 13.1. The van der Waals surface area contributed by atoms with Crippen LogP contribution in [0.15, 0.2) is 6.20 Å². The molecule has 0 aromatic carbocycles. The lowest BCUT2D eigenvalue weighted by molar-refractivity contribution is 0.454. The molecule has 0 bridgehead atoms. The van der Waals surface area contributed by atoms with E-state index in [1.165, 1.54) is 0 Å². The molecule has 0 fully saturated rings. The maximum atomic E-state index is 6.11. The second-order valence-corrected chi connectivity index (χ2v) is 4.02. The average molecular weight is 231 g/mol. The molecule has 0 aliphatic carbocycles. The van der Waals surface area contributed by atoms with E-state index < -0.39 is 0 Å². The van der Waals surface area contributed by atoms with Crippen molar-refractivity contribution in [1.29, 1.82) is 0 Å². The molecule has 5 heteroatoms. The van der Waals surface area contributed by atoms with Crippen molar-refractivity contribution in [1.82, 2.24) is 15.2 Å². The van der Waals surface area contributed by atoms with Gasteiger partial charge in [0.05, 0.1) is 23.0 Å². The Morgan fingerprint density at radius 3 is 2.80 bits per heavy atom. The van der Waals surface area contributed by atoms with Gasteiger partial charge in [0.2, 0.25) is 0 Å². The standard InChI is InChI=1S/C10H19ClN4/c1-3-5-9(14-12)10-8(11)7-13-15(10)6-4-2/h7,9,14H,3-6,12H2,1-2H3. The van der Waals surface area contributed by atoms with Gasteiger partial charge < -0.3 is 0 Å². The first kappa shape index (κ1) is 12.5. The molecule has 4 nitrogen and oxygen atoms in total. The van der Waals surface area contributed by atoms with E-state index in [4.69, 9.17) is 17.4 Å². The van der Waals surface area contributed by atoms with Crippen LogP contribution in [0.1, 0.15) is 44.8 Å². The molecule has 0 aliphatic heterocycles. The fourth-order valence-corrected chi connectivity index (χ4v) is 1.97. The van der Waals surface area contributed by atoms with Gasteiger partial charge in [-0.15, -0.1) is 0 Å². The maximum Gasteiger partial charge on any atom is 0.0834 e. The van der Waals surface area contributed by atoms with Gasteiger partial charge in [-0.2, -0.15) is 5.10 Å². The summed E-state index contributed by atoms with van der Waals surface area (Å²) >= 11 is 6.11. The lowest BCUT2D eigenvalue weighted by Gasteiger charge is -2.17. The van der Waals surface area contributed by atoms with Crippen LogP contribution in [0, 0.1) is 0 Å². The van der Waals surface area contributed by atoms with Gasteiger partial charge in [0.1, 0.15) is 0 Å². The van der Waals surface area contributed by atoms with Crippen LogP contribution in [0.3, 0.4) is 0 Å². The van der Waals surface area contributed by atoms with Crippen molar-refractivity contribution in [2.75, 3.05) is 0 Å². The number of halogens is 1. The van der Waals surface area contributed by atoms with Gasteiger partial charge >= 0.3 is 0 Å². The molecule has 1 rings (SSSR count). The van der Waals surface area contributed by atoms with E-state index in [1.54, 1.807) is 6.20 Å². The summed E-state index contributed by atoms with van der Waals surface area (Å²) < 4.78 is 1.93. The SMILES string of the molecule is CCCC(NN)c1c(Cl)cnn1CCC. The Balaban J connectivity index is 2.92. The highest BCUT2D eigenvalue weighted by atomic mass is 35.5. The lowest BCUT2D eigenvalue weighted by atomic mass is 10.1. The van der Waals surface area contributed by atoms with Crippen molar-refractivity contribution in [3.8, 4) is 0 Å². The molecule has 0 saturated heterocycles. The predicted molar refractivity (Wildman–Crippen MR) is 62.5 cm³/mol. The zero-order chi connectivity index (χ0) is 11.3. The molecule has 15 heavy (non-hydrogen) atoms. The molecule has 0 spiro atoms. The third kappa shape index (κ3) is 2.93. The maximum absolute atomic E-state index is 6.11. The van der Waals surface area contributed by atoms with Crippen molar-refractivity contribution in [2.45, 2.75) is 45.7 Å². The molecule has 1 heterocycles. The molecule has 0 radical (unpaired) electrons. The summed E-state index contributed by atoms with van der Waals surface area (Å²) in [5.74, 6) is 5.53. The van der Waals surface area contributed by atoms with Gasteiger partial charge in [-0.25, -0.2) is 0 Å². The summed E-state index contributed by atoms with van der Waals surface area (Å²) in [6.07, 6.45) is 4.75. The van der Waals surface area contributed by atoms with Gasteiger partial charge in [-0.05, 0) is 12.8 Å². The van der Waals surface area contributed by atoms with Crippen molar-refractivity contribution in [3.63, 3.8) is 0 Å². The van der Waals surface area contributed by atoms with E-state index in [-0.39, 0.29) is 6.04 Å². The second kappa shape index (κ2) is 6.10. The Bertz CT molecular complexity index is 298. The van der Waals surface area contributed by atoms with E-state index in [1.807, 2.05) is 4.68 Å². The van der Waals surface area contributed by atoms with Crippen molar-refractivity contribution >= 4 is 11.6 Å².